The lowest BCUT2D eigenvalue weighted by Crippen LogP contribution is -2.41. The Kier molecular flexibility index (Phi) is 5.42. The Morgan fingerprint density at radius 1 is 0.833 bits per heavy atom. The van der Waals surface area contributed by atoms with Crippen LogP contribution in [0.4, 0.5) is 4.39 Å². The number of carbonyl (C=O) groups excluding carboxylic acids is 2. The lowest BCUT2D eigenvalue weighted by atomic mass is 10.1. The van der Waals surface area contributed by atoms with Gasteiger partial charge in [0.1, 0.15) is 5.82 Å². The van der Waals surface area contributed by atoms with Crippen LogP contribution in [0.5, 0.6) is 0 Å². The number of hydrogen-bond donors (Lipinski definition) is 2. The molecule has 2 amide bonds. The van der Waals surface area contributed by atoms with Gasteiger partial charge in [0, 0.05) is 22.6 Å². The standard InChI is InChI=1S/C17H15FN2O2S2/c18-14-7-5-12(6-8-14)16(22)20-19-15(21)11-1-3-13(4-2-11)17-23-9-10-24-17/h1-8,17H,9-10H2,(H,19,21)(H,20,22). The highest BCUT2D eigenvalue weighted by molar-refractivity contribution is 8.19. The monoisotopic (exact) mass is 362 g/mol. The minimum absolute atomic E-state index is 0.266. The van der Waals surface area contributed by atoms with E-state index >= 15 is 0 Å². The number of hydrogen-bond acceptors (Lipinski definition) is 4. The van der Waals surface area contributed by atoms with Crippen molar-refractivity contribution in [3.8, 4) is 0 Å². The van der Waals surface area contributed by atoms with E-state index in [1.54, 1.807) is 12.1 Å². The third kappa shape index (κ3) is 4.10. The Labute approximate surface area is 147 Å². The van der Waals surface area contributed by atoms with Crippen molar-refractivity contribution in [1.82, 2.24) is 10.9 Å². The number of hydrazine groups is 1. The fourth-order valence-electron chi connectivity index (χ4n) is 2.20. The molecule has 0 aliphatic carbocycles. The Hall–Kier alpha value is -1.99. The highest BCUT2D eigenvalue weighted by Gasteiger charge is 2.18. The number of benzene rings is 2. The summed E-state index contributed by atoms with van der Waals surface area (Å²) in [5.74, 6) is 0.969. The van der Waals surface area contributed by atoms with Crippen LogP contribution in [0.3, 0.4) is 0 Å². The van der Waals surface area contributed by atoms with Gasteiger partial charge in [0.05, 0.1) is 4.58 Å². The Balaban J connectivity index is 1.56. The molecular formula is C17H15FN2O2S2. The van der Waals surface area contributed by atoms with Gasteiger partial charge in [-0.25, -0.2) is 4.39 Å². The van der Waals surface area contributed by atoms with E-state index < -0.39 is 17.6 Å². The molecule has 2 N–H and O–H groups in total. The van der Waals surface area contributed by atoms with Crippen molar-refractivity contribution in [3.05, 3.63) is 71.0 Å². The van der Waals surface area contributed by atoms with E-state index in [4.69, 9.17) is 0 Å². The quantitative estimate of drug-likeness (QED) is 0.822. The first-order valence-electron chi connectivity index (χ1n) is 7.33. The first-order chi connectivity index (χ1) is 11.6. The predicted octanol–water partition coefficient (Wildman–Crippen LogP) is 3.38. The van der Waals surface area contributed by atoms with Crippen LogP contribution in [0.15, 0.2) is 48.5 Å². The molecule has 0 atom stereocenters. The molecule has 4 nitrogen and oxygen atoms in total. The highest BCUT2D eigenvalue weighted by atomic mass is 32.2. The molecule has 1 heterocycles. The Morgan fingerprint density at radius 3 is 1.79 bits per heavy atom. The van der Waals surface area contributed by atoms with Crippen molar-refractivity contribution < 1.29 is 14.0 Å². The van der Waals surface area contributed by atoms with Crippen molar-refractivity contribution >= 4 is 35.3 Å². The van der Waals surface area contributed by atoms with Gasteiger partial charge >= 0.3 is 0 Å². The summed E-state index contributed by atoms with van der Waals surface area (Å²) in [5.41, 5.74) is 6.59. The molecule has 124 valence electrons. The van der Waals surface area contributed by atoms with Gasteiger partial charge in [-0.3, -0.25) is 20.4 Å². The second-order valence-corrected chi connectivity index (χ2v) is 7.84. The topological polar surface area (TPSA) is 58.2 Å². The molecule has 2 aromatic rings. The Bertz CT molecular complexity index is 729. The van der Waals surface area contributed by atoms with Gasteiger partial charge in [-0.1, -0.05) is 12.1 Å². The minimum atomic E-state index is -0.501. The predicted molar refractivity (Wildman–Crippen MR) is 95.4 cm³/mol. The van der Waals surface area contributed by atoms with Gasteiger partial charge in [0.2, 0.25) is 0 Å². The van der Waals surface area contributed by atoms with Crippen molar-refractivity contribution in [3.63, 3.8) is 0 Å². The summed E-state index contributed by atoms with van der Waals surface area (Å²) in [6, 6.07) is 12.4. The number of rotatable bonds is 3. The summed E-state index contributed by atoms with van der Waals surface area (Å²) < 4.78 is 13.3. The first kappa shape index (κ1) is 16.9. The molecule has 0 spiro atoms. The summed E-state index contributed by atoms with van der Waals surface area (Å²) in [5, 5.41) is 0. The molecule has 0 radical (unpaired) electrons. The third-order valence-electron chi connectivity index (χ3n) is 3.46. The van der Waals surface area contributed by atoms with Gasteiger partial charge in [-0.15, -0.1) is 23.5 Å². The molecule has 1 aliphatic rings. The van der Waals surface area contributed by atoms with Gasteiger partial charge < -0.3 is 0 Å². The molecular weight excluding hydrogens is 347 g/mol. The van der Waals surface area contributed by atoms with Gasteiger partial charge in [0.25, 0.3) is 11.8 Å². The third-order valence-corrected chi connectivity index (χ3v) is 6.57. The minimum Gasteiger partial charge on any atom is -0.267 e. The van der Waals surface area contributed by atoms with E-state index in [1.807, 2.05) is 35.7 Å². The van der Waals surface area contributed by atoms with E-state index in [9.17, 15) is 14.0 Å². The molecule has 0 saturated carbocycles. The molecule has 24 heavy (non-hydrogen) atoms. The second kappa shape index (κ2) is 7.72. The number of amides is 2. The SMILES string of the molecule is O=C(NNC(=O)c1ccc(C2SCCS2)cc1)c1ccc(F)cc1. The van der Waals surface area contributed by atoms with Crippen molar-refractivity contribution in [2.45, 2.75) is 4.58 Å². The zero-order chi connectivity index (χ0) is 16.9. The van der Waals surface area contributed by atoms with Crippen LogP contribution in [-0.2, 0) is 0 Å². The maximum absolute atomic E-state index is 12.8. The summed E-state index contributed by atoms with van der Waals surface area (Å²) in [6.07, 6.45) is 0. The summed E-state index contributed by atoms with van der Waals surface area (Å²) in [7, 11) is 0. The summed E-state index contributed by atoms with van der Waals surface area (Å²) >= 11 is 3.80. The van der Waals surface area contributed by atoms with E-state index in [2.05, 4.69) is 10.9 Å². The lowest BCUT2D eigenvalue weighted by molar-refractivity contribution is 0.0846. The number of thioether (sulfide) groups is 2. The molecule has 0 bridgehead atoms. The molecule has 3 rings (SSSR count). The molecule has 1 saturated heterocycles. The molecule has 0 aromatic heterocycles. The van der Waals surface area contributed by atoms with Crippen LogP contribution in [0.25, 0.3) is 0 Å². The largest absolute Gasteiger partial charge is 0.269 e. The zero-order valence-electron chi connectivity index (χ0n) is 12.6. The number of halogens is 1. The average Bonchev–Trinajstić information content (AvgIpc) is 3.15. The highest BCUT2D eigenvalue weighted by Crippen LogP contribution is 2.45. The summed E-state index contributed by atoms with van der Waals surface area (Å²) in [6.45, 7) is 0. The molecule has 1 fully saturated rings. The average molecular weight is 362 g/mol. The molecule has 2 aromatic carbocycles. The maximum atomic E-state index is 12.8. The lowest BCUT2D eigenvalue weighted by Gasteiger charge is -2.10. The van der Waals surface area contributed by atoms with Crippen LogP contribution in [0.1, 0.15) is 30.9 Å². The molecule has 7 heteroatoms. The van der Waals surface area contributed by atoms with Crippen LogP contribution in [0.2, 0.25) is 0 Å². The fraction of sp³-hybridized carbons (Fsp3) is 0.176. The number of nitrogens with one attached hydrogen (secondary N) is 2. The summed E-state index contributed by atoms with van der Waals surface area (Å²) in [4.78, 5) is 23.9. The second-order valence-electron chi connectivity index (χ2n) is 5.11. The molecule has 0 unspecified atom stereocenters. The smallest absolute Gasteiger partial charge is 0.267 e. The van der Waals surface area contributed by atoms with Gasteiger partial charge in [-0.2, -0.15) is 0 Å². The van der Waals surface area contributed by atoms with E-state index in [0.29, 0.717) is 10.1 Å². The van der Waals surface area contributed by atoms with Crippen molar-refractivity contribution in [2.24, 2.45) is 0 Å². The number of carbonyl (C=O) groups is 2. The maximum Gasteiger partial charge on any atom is 0.269 e. The van der Waals surface area contributed by atoms with E-state index in [0.717, 1.165) is 11.5 Å². The van der Waals surface area contributed by atoms with Crippen molar-refractivity contribution in [1.29, 1.82) is 0 Å². The van der Waals surface area contributed by atoms with Crippen molar-refractivity contribution in [2.75, 3.05) is 11.5 Å². The van der Waals surface area contributed by atoms with Crippen LogP contribution in [0, 0.1) is 5.82 Å². The Morgan fingerprint density at radius 2 is 1.29 bits per heavy atom. The van der Waals surface area contributed by atoms with Gasteiger partial charge in [-0.05, 0) is 42.0 Å². The van der Waals surface area contributed by atoms with E-state index in [1.165, 1.54) is 29.8 Å². The fourth-order valence-corrected chi connectivity index (χ4v) is 5.06. The van der Waals surface area contributed by atoms with E-state index in [-0.39, 0.29) is 5.56 Å². The zero-order valence-corrected chi connectivity index (χ0v) is 14.3. The van der Waals surface area contributed by atoms with Gasteiger partial charge in [0.15, 0.2) is 0 Å². The molecule has 1 aliphatic heterocycles. The first-order valence-corrected chi connectivity index (χ1v) is 9.42. The van der Waals surface area contributed by atoms with Crippen LogP contribution < -0.4 is 10.9 Å². The van der Waals surface area contributed by atoms with Crippen LogP contribution >= 0.6 is 23.5 Å². The normalized spacial score (nSPS) is 14.4. The van der Waals surface area contributed by atoms with Crippen LogP contribution in [-0.4, -0.2) is 23.3 Å².